The summed E-state index contributed by atoms with van der Waals surface area (Å²) in [5, 5.41) is 12.5. The molecule has 0 bridgehead atoms. The van der Waals surface area contributed by atoms with Crippen molar-refractivity contribution in [2.75, 3.05) is 26.8 Å². The molecule has 2 amide bonds. The van der Waals surface area contributed by atoms with Gasteiger partial charge in [-0.2, -0.15) is 0 Å². The fraction of sp³-hybridized carbons (Fsp3) is 0.556. The number of nitrogens with one attached hydrogen (secondary N) is 1. The molecule has 1 aliphatic heterocycles. The normalized spacial score (nSPS) is 20.7. The number of nitrogens with zero attached hydrogens (tertiary/aromatic N) is 1. The Hall–Kier alpha value is -2.08. The van der Waals surface area contributed by atoms with Crippen LogP contribution in [-0.4, -0.2) is 48.8 Å². The number of carboxylic acid groups (broad SMARTS) is 1. The molecule has 1 saturated heterocycles. The quantitative estimate of drug-likeness (QED) is 0.837. The van der Waals surface area contributed by atoms with E-state index in [4.69, 9.17) is 4.74 Å². The van der Waals surface area contributed by atoms with Crippen molar-refractivity contribution in [1.29, 1.82) is 0 Å². The van der Waals surface area contributed by atoms with Crippen LogP contribution in [0.3, 0.4) is 0 Å². The maximum atomic E-state index is 12.4. The van der Waals surface area contributed by atoms with Gasteiger partial charge in [-0.25, -0.2) is 4.79 Å². The molecule has 6 heteroatoms. The van der Waals surface area contributed by atoms with E-state index < -0.39 is 11.4 Å². The van der Waals surface area contributed by atoms with Crippen molar-refractivity contribution < 1.29 is 19.4 Å². The molecule has 132 valence electrons. The summed E-state index contributed by atoms with van der Waals surface area (Å²) in [6.45, 7) is 3.65. The first-order valence-corrected chi connectivity index (χ1v) is 8.27. The monoisotopic (exact) mass is 334 g/mol. The summed E-state index contributed by atoms with van der Waals surface area (Å²) in [4.78, 5) is 25.8. The van der Waals surface area contributed by atoms with E-state index in [1.165, 1.54) is 5.56 Å². The molecule has 1 aliphatic rings. The summed E-state index contributed by atoms with van der Waals surface area (Å²) in [6, 6.07) is 7.75. The van der Waals surface area contributed by atoms with Crippen molar-refractivity contribution in [2.45, 2.75) is 32.7 Å². The van der Waals surface area contributed by atoms with Crippen LogP contribution in [0.2, 0.25) is 0 Å². The Morgan fingerprint density at radius 1 is 1.33 bits per heavy atom. The minimum atomic E-state index is -0.907. The van der Waals surface area contributed by atoms with Crippen LogP contribution in [0.4, 0.5) is 4.79 Å². The summed E-state index contributed by atoms with van der Waals surface area (Å²) in [5.41, 5.74) is 1.29. The lowest BCUT2D eigenvalue weighted by molar-refractivity contribution is -0.153. The number of amides is 2. The molecule has 0 radical (unpaired) electrons. The number of ether oxygens (including phenoxy) is 1. The van der Waals surface area contributed by atoms with Gasteiger partial charge >= 0.3 is 12.0 Å². The van der Waals surface area contributed by atoms with Gasteiger partial charge in [0.2, 0.25) is 0 Å². The van der Waals surface area contributed by atoms with E-state index in [9.17, 15) is 14.7 Å². The number of piperidine rings is 1. The second kappa shape index (κ2) is 8.15. The molecular weight excluding hydrogens is 308 g/mol. The molecule has 0 aromatic heterocycles. The van der Waals surface area contributed by atoms with Gasteiger partial charge < -0.3 is 20.1 Å². The maximum Gasteiger partial charge on any atom is 0.317 e. The van der Waals surface area contributed by atoms with E-state index in [0.717, 1.165) is 5.56 Å². The zero-order valence-corrected chi connectivity index (χ0v) is 14.4. The van der Waals surface area contributed by atoms with Gasteiger partial charge in [-0.15, -0.1) is 0 Å². The first-order chi connectivity index (χ1) is 11.5. The summed E-state index contributed by atoms with van der Waals surface area (Å²) in [7, 11) is 1.56. The molecular formula is C18H26N2O4. The van der Waals surface area contributed by atoms with E-state index in [-0.39, 0.29) is 12.6 Å². The van der Waals surface area contributed by atoms with Gasteiger partial charge in [0.05, 0.1) is 5.41 Å². The Kier molecular flexibility index (Phi) is 6.20. The highest BCUT2D eigenvalue weighted by Gasteiger charge is 2.43. The number of aryl methyl sites for hydroxylation is 1. The van der Waals surface area contributed by atoms with Gasteiger partial charge in [0.1, 0.15) is 0 Å². The summed E-state index contributed by atoms with van der Waals surface area (Å²) in [5.74, 6) is -0.851. The molecule has 24 heavy (non-hydrogen) atoms. The predicted molar refractivity (Wildman–Crippen MR) is 90.8 cm³/mol. The molecule has 1 aromatic carbocycles. The molecule has 0 aliphatic carbocycles. The van der Waals surface area contributed by atoms with Crippen LogP contribution in [0.1, 0.15) is 30.4 Å². The van der Waals surface area contributed by atoms with Crippen molar-refractivity contribution in [2.24, 2.45) is 5.41 Å². The fourth-order valence-corrected chi connectivity index (χ4v) is 3.08. The standard InChI is InChI=1S/C18H26N2O4/c1-14-4-6-15(7-5-14)12-19-17(23)20-10-3-8-18(13-20,16(21)22)9-11-24-2/h4-7H,3,8-13H2,1-2H3,(H,19,23)(H,21,22)/t18-/m0/s1. The van der Waals surface area contributed by atoms with Crippen molar-refractivity contribution in [3.8, 4) is 0 Å². The molecule has 0 unspecified atom stereocenters. The van der Waals surface area contributed by atoms with Crippen molar-refractivity contribution in [1.82, 2.24) is 10.2 Å². The number of hydrogen-bond donors (Lipinski definition) is 2. The molecule has 1 aromatic rings. The van der Waals surface area contributed by atoms with Gasteiger partial charge in [-0.1, -0.05) is 29.8 Å². The largest absolute Gasteiger partial charge is 0.481 e. The van der Waals surface area contributed by atoms with E-state index in [0.29, 0.717) is 39.0 Å². The zero-order chi connectivity index (χ0) is 17.6. The predicted octanol–water partition coefficient (Wildman–Crippen LogP) is 2.41. The lowest BCUT2D eigenvalue weighted by atomic mass is 9.77. The van der Waals surface area contributed by atoms with Crippen LogP contribution in [0.5, 0.6) is 0 Å². The minimum Gasteiger partial charge on any atom is -0.481 e. The Morgan fingerprint density at radius 2 is 2.04 bits per heavy atom. The zero-order valence-electron chi connectivity index (χ0n) is 14.4. The number of urea groups is 1. The van der Waals surface area contributed by atoms with E-state index in [2.05, 4.69) is 5.32 Å². The van der Waals surface area contributed by atoms with E-state index >= 15 is 0 Å². The average molecular weight is 334 g/mol. The third kappa shape index (κ3) is 4.47. The van der Waals surface area contributed by atoms with Crippen molar-refractivity contribution in [3.63, 3.8) is 0 Å². The third-order valence-corrected chi connectivity index (χ3v) is 4.67. The number of aliphatic carboxylic acids is 1. The van der Waals surface area contributed by atoms with Crippen molar-refractivity contribution >= 4 is 12.0 Å². The minimum absolute atomic E-state index is 0.210. The number of rotatable bonds is 6. The van der Waals surface area contributed by atoms with Crippen LogP contribution in [0.25, 0.3) is 0 Å². The lowest BCUT2D eigenvalue weighted by Crippen LogP contribution is -2.52. The lowest BCUT2D eigenvalue weighted by Gasteiger charge is -2.39. The second-order valence-corrected chi connectivity index (χ2v) is 6.50. The Morgan fingerprint density at radius 3 is 2.67 bits per heavy atom. The highest BCUT2D eigenvalue weighted by atomic mass is 16.5. The van der Waals surface area contributed by atoms with Gasteiger partial charge in [-0.3, -0.25) is 4.79 Å². The molecule has 6 nitrogen and oxygen atoms in total. The summed E-state index contributed by atoms with van der Waals surface area (Å²) >= 11 is 0. The second-order valence-electron chi connectivity index (χ2n) is 6.50. The van der Waals surface area contributed by atoms with Gasteiger partial charge in [-0.05, 0) is 31.7 Å². The smallest absolute Gasteiger partial charge is 0.317 e. The Bertz CT molecular complexity index is 573. The number of benzene rings is 1. The Balaban J connectivity index is 1.95. The molecule has 1 heterocycles. The third-order valence-electron chi connectivity index (χ3n) is 4.67. The van der Waals surface area contributed by atoms with Crippen LogP contribution >= 0.6 is 0 Å². The number of likely N-dealkylation sites (tertiary alicyclic amines) is 1. The topological polar surface area (TPSA) is 78.9 Å². The average Bonchev–Trinajstić information content (AvgIpc) is 2.59. The van der Waals surface area contributed by atoms with Gasteiger partial charge in [0.15, 0.2) is 0 Å². The fourth-order valence-electron chi connectivity index (χ4n) is 3.08. The molecule has 0 spiro atoms. The van der Waals surface area contributed by atoms with Gasteiger partial charge in [0.25, 0.3) is 0 Å². The number of hydrogen-bond acceptors (Lipinski definition) is 3. The summed E-state index contributed by atoms with van der Waals surface area (Å²) < 4.78 is 5.05. The Labute approximate surface area is 142 Å². The molecule has 2 N–H and O–H groups in total. The van der Waals surface area contributed by atoms with Crippen molar-refractivity contribution in [3.05, 3.63) is 35.4 Å². The van der Waals surface area contributed by atoms with E-state index in [1.807, 2.05) is 31.2 Å². The summed E-state index contributed by atoms with van der Waals surface area (Å²) in [6.07, 6.45) is 1.68. The SMILES string of the molecule is COCC[C@@]1(C(=O)O)CCCN(C(=O)NCc2ccc(C)cc2)C1. The first kappa shape index (κ1) is 18.3. The maximum absolute atomic E-state index is 12.4. The highest BCUT2D eigenvalue weighted by Crippen LogP contribution is 2.34. The highest BCUT2D eigenvalue weighted by molar-refractivity contribution is 5.78. The molecule has 1 fully saturated rings. The van der Waals surface area contributed by atoms with Crippen LogP contribution in [0.15, 0.2) is 24.3 Å². The molecule has 2 rings (SSSR count). The van der Waals surface area contributed by atoms with Crippen LogP contribution in [0, 0.1) is 12.3 Å². The number of methoxy groups -OCH3 is 1. The number of carbonyl (C=O) groups excluding carboxylic acids is 1. The van der Waals surface area contributed by atoms with Crippen LogP contribution < -0.4 is 5.32 Å². The number of carbonyl (C=O) groups is 2. The molecule has 1 atom stereocenters. The number of carboxylic acids is 1. The van der Waals surface area contributed by atoms with Crippen LogP contribution in [-0.2, 0) is 16.1 Å². The molecule has 0 saturated carbocycles. The van der Waals surface area contributed by atoms with E-state index in [1.54, 1.807) is 12.0 Å². The van der Waals surface area contributed by atoms with Gasteiger partial charge in [0, 0.05) is 33.4 Å². The first-order valence-electron chi connectivity index (χ1n) is 8.27.